The van der Waals surface area contributed by atoms with E-state index in [1.807, 2.05) is 0 Å². The number of aliphatic hydroxyl groups excluding tert-OH is 3. The van der Waals surface area contributed by atoms with Crippen molar-refractivity contribution >= 4 is 6.09 Å². The molecule has 3 fully saturated rings. The van der Waals surface area contributed by atoms with E-state index in [9.17, 15) is 25.2 Å². The van der Waals surface area contributed by atoms with Gasteiger partial charge in [-0.2, -0.15) is 0 Å². The fourth-order valence-corrected chi connectivity index (χ4v) is 5.56. The van der Waals surface area contributed by atoms with Crippen LogP contribution in [0, 0.1) is 29.6 Å². The van der Waals surface area contributed by atoms with E-state index in [0.29, 0.717) is 50.7 Å². The summed E-state index contributed by atoms with van der Waals surface area (Å²) >= 11 is 0. The van der Waals surface area contributed by atoms with E-state index in [4.69, 9.17) is 23.7 Å². The lowest BCUT2D eigenvalue weighted by Gasteiger charge is -2.49. The van der Waals surface area contributed by atoms with Gasteiger partial charge in [-0.3, -0.25) is 0 Å². The lowest BCUT2D eigenvalue weighted by Crippen LogP contribution is -2.63. The van der Waals surface area contributed by atoms with Crippen LogP contribution in [-0.4, -0.2) is 104 Å². The number of ether oxygens (including phenoxy) is 5. The summed E-state index contributed by atoms with van der Waals surface area (Å²) in [6, 6.07) is 0. The van der Waals surface area contributed by atoms with Crippen LogP contribution in [0.5, 0.6) is 0 Å². The summed E-state index contributed by atoms with van der Waals surface area (Å²) in [5.41, 5.74) is 0. The van der Waals surface area contributed by atoms with Crippen LogP contribution in [0.1, 0.15) is 39.5 Å². The van der Waals surface area contributed by atoms with Crippen molar-refractivity contribution in [1.29, 1.82) is 0 Å². The van der Waals surface area contributed by atoms with Crippen molar-refractivity contribution in [3.05, 3.63) is 0 Å². The van der Waals surface area contributed by atoms with Gasteiger partial charge in [0.15, 0.2) is 12.1 Å². The number of hydrogen-bond donors (Lipinski definition) is 5. The number of amides is 1. The Kier molecular flexibility index (Phi) is 11.0. The largest absolute Gasteiger partial charge is 0.449 e. The van der Waals surface area contributed by atoms with Gasteiger partial charge in [0.05, 0.1) is 70.3 Å². The Balaban J connectivity index is 1.13. The van der Waals surface area contributed by atoms with Gasteiger partial charge in [-0.05, 0) is 17.8 Å². The summed E-state index contributed by atoms with van der Waals surface area (Å²) in [6.07, 6.45) is 0.961. The SMILES string of the molecule is CCC[C@@H]1C(COC(=O)NCCOCCOCCOC2OC3(O)C(CO)C(O)C(O)C23)[C@@H]1CCC. The predicted octanol–water partition coefficient (Wildman–Crippen LogP) is 0.230. The maximum absolute atomic E-state index is 11.9. The normalized spacial score (nSPS) is 37.5. The molecular weight excluding hydrogens is 462 g/mol. The summed E-state index contributed by atoms with van der Waals surface area (Å²) in [7, 11) is 0. The van der Waals surface area contributed by atoms with Crippen LogP contribution in [0.4, 0.5) is 4.79 Å². The van der Waals surface area contributed by atoms with E-state index in [0.717, 1.165) is 0 Å². The molecule has 0 bridgehead atoms. The molecule has 0 aromatic carbocycles. The molecule has 2 saturated carbocycles. The Hall–Kier alpha value is -1.05. The second kappa shape index (κ2) is 13.5. The van der Waals surface area contributed by atoms with Crippen molar-refractivity contribution in [2.24, 2.45) is 29.6 Å². The zero-order chi connectivity index (χ0) is 25.4. The first kappa shape index (κ1) is 28.5. The molecule has 1 amide bonds. The summed E-state index contributed by atoms with van der Waals surface area (Å²) in [4.78, 5) is 11.9. The molecule has 2 aliphatic carbocycles. The number of carbonyl (C=O) groups is 1. The Labute approximate surface area is 207 Å². The van der Waals surface area contributed by atoms with Gasteiger partial charge in [-0.15, -0.1) is 0 Å². The Morgan fingerprint density at radius 3 is 2.20 bits per heavy atom. The molecule has 0 radical (unpaired) electrons. The quantitative estimate of drug-likeness (QED) is 0.173. The Bertz CT molecular complexity index is 642. The minimum absolute atomic E-state index is 0.163. The number of carbonyl (C=O) groups excluding carboxylic acids is 1. The second-order valence-electron chi connectivity index (χ2n) is 9.72. The third-order valence-electron chi connectivity index (χ3n) is 7.49. The number of hydrogen-bond acceptors (Lipinski definition) is 10. The minimum atomic E-state index is -1.78. The first-order chi connectivity index (χ1) is 16.9. The second-order valence-corrected chi connectivity index (χ2v) is 9.72. The Morgan fingerprint density at radius 1 is 0.943 bits per heavy atom. The van der Waals surface area contributed by atoms with Crippen LogP contribution in [-0.2, 0) is 23.7 Å². The Morgan fingerprint density at radius 2 is 1.57 bits per heavy atom. The molecule has 0 spiro atoms. The lowest BCUT2D eigenvalue weighted by atomic mass is 9.89. The fourth-order valence-electron chi connectivity index (χ4n) is 5.56. The van der Waals surface area contributed by atoms with Gasteiger partial charge < -0.3 is 49.4 Å². The standard InChI is InChI=1S/C24H43NO10/c1-3-5-15-16(6-4-2)17(15)14-34-23(29)25-7-8-31-9-10-32-11-12-33-22-19-21(28)20(27)18(13-26)24(19,30)35-22/h15-22,26-28,30H,3-14H2,1-2H3,(H,25,29)/t15-,16+,17?,18?,19?,20?,21?,22?,24?. The zero-order valence-electron chi connectivity index (χ0n) is 20.8. The van der Waals surface area contributed by atoms with Crippen molar-refractivity contribution in [3.63, 3.8) is 0 Å². The third kappa shape index (κ3) is 6.84. The zero-order valence-corrected chi connectivity index (χ0v) is 20.8. The molecule has 11 nitrogen and oxygen atoms in total. The molecule has 204 valence electrons. The third-order valence-corrected chi connectivity index (χ3v) is 7.49. The van der Waals surface area contributed by atoms with Crippen molar-refractivity contribution in [2.45, 2.75) is 63.8 Å². The molecule has 3 aliphatic rings. The average Bonchev–Trinajstić information content (AvgIpc) is 3.44. The number of nitrogens with one attached hydrogen (secondary N) is 1. The first-order valence-electron chi connectivity index (χ1n) is 12.9. The van der Waals surface area contributed by atoms with Crippen molar-refractivity contribution < 1.29 is 48.9 Å². The molecular formula is C24H43NO10. The predicted molar refractivity (Wildman–Crippen MR) is 123 cm³/mol. The topological polar surface area (TPSA) is 156 Å². The van der Waals surface area contributed by atoms with Crippen LogP contribution < -0.4 is 5.32 Å². The molecule has 0 aromatic rings. The molecule has 0 aromatic heterocycles. The van der Waals surface area contributed by atoms with Crippen LogP contribution in [0.2, 0.25) is 0 Å². The maximum Gasteiger partial charge on any atom is 0.407 e. The highest BCUT2D eigenvalue weighted by molar-refractivity contribution is 5.67. The summed E-state index contributed by atoms with van der Waals surface area (Å²) in [5, 5.41) is 42.3. The van der Waals surface area contributed by atoms with Gasteiger partial charge in [-0.1, -0.05) is 39.5 Å². The highest BCUT2D eigenvalue weighted by Gasteiger charge is 2.71. The molecule has 9 atom stereocenters. The van der Waals surface area contributed by atoms with E-state index in [1.165, 1.54) is 25.7 Å². The number of alkyl carbamates (subject to hydrolysis) is 1. The van der Waals surface area contributed by atoms with Gasteiger partial charge in [0.25, 0.3) is 0 Å². The first-order valence-corrected chi connectivity index (χ1v) is 12.9. The number of aliphatic hydroxyl groups is 4. The van der Waals surface area contributed by atoms with E-state index in [2.05, 4.69) is 19.2 Å². The van der Waals surface area contributed by atoms with Gasteiger partial charge in [0.1, 0.15) is 0 Å². The average molecular weight is 506 g/mol. The summed E-state index contributed by atoms with van der Waals surface area (Å²) in [6.45, 7) is 6.17. The van der Waals surface area contributed by atoms with Crippen molar-refractivity contribution in [1.82, 2.24) is 5.32 Å². The van der Waals surface area contributed by atoms with Crippen molar-refractivity contribution in [3.8, 4) is 0 Å². The van der Waals surface area contributed by atoms with E-state index in [1.54, 1.807) is 0 Å². The highest BCUT2D eigenvalue weighted by Crippen LogP contribution is 2.53. The van der Waals surface area contributed by atoms with Crippen molar-refractivity contribution in [2.75, 3.05) is 52.8 Å². The van der Waals surface area contributed by atoms with E-state index < -0.39 is 48.8 Å². The molecule has 1 saturated heterocycles. The lowest BCUT2D eigenvalue weighted by molar-refractivity contribution is -0.439. The molecule has 11 heteroatoms. The fraction of sp³-hybridized carbons (Fsp3) is 0.958. The van der Waals surface area contributed by atoms with Gasteiger partial charge in [0, 0.05) is 6.54 Å². The van der Waals surface area contributed by atoms with Gasteiger partial charge in [-0.25, -0.2) is 4.79 Å². The summed E-state index contributed by atoms with van der Waals surface area (Å²) < 4.78 is 26.9. The minimum Gasteiger partial charge on any atom is -0.449 e. The highest BCUT2D eigenvalue weighted by atomic mass is 16.8. The maximum atomic E-state index is 11.9. The van der Waals surface area contributed by atoms with Gasteiger partial charge in [0.2, 0.25) is 0 Å². The van der Waals surface area contributed by atoms with Crippen LogP contribution in [0.15, 0.2) is 0 Å². The van der Waals surface area contributed by atoms with E-state index in [-0.39, 0.29) is 13.2 Å². The van der Waals surface area contributed by atoms with Crippen LogP contribution >= 0.6 is 0 Å². The number of rotatable bonds is 17. The van der Waals surface area contributed by atoms with Crippen LogP contribution in [0.3, 0.4) is 0 Å². The van der Waals surface area contributed by atoms with Crippen LogP contribution in [0.25, 0.3) is 0 Å². The molecule has 7 unspecified atom stereocenters. The number of fused-ring (bicyclic) bond motifs is 1. The smallest absolute Gasteiger partial charge is 0.407 e. The van der Waals surface area contributed by atoms with E-state index >= 15 is 0 Å². The van der Waals surface area contributed by atoms with Gasteiger partial charge >= 0.3 is 6.09 Å². The summed E-state index contributed by atoms with van der Waals surface area (Å²) in [5.74, 6) is -1.66. The molecule has 3 rings (SSSR count). The molecule has 1 aliphatic heterocycles. The molecule has 35 heavy (non-hydrogen) atoms. The molecule has 1 heterocycles. The molecule has 5 N–H and O–H groups in total. The monoisotopic (exact) mass is 505 g/mol.